The number of likely N-dealkylation sites (tertiary alicyclic amines) is 1. The summed E-state index contributed by atoms with van der Waals surface area (Å²) in [7, 11) is 0. The molecule has 1 N–H and O–H groups in total. The van der Waals surface area contributed by atoms with Gasteiger partial charge in [0.1, 0.15) is 0 Å². The molecule has 0 unspecified atom stereocenters. The Balaban J connectivity index is 1.25. The number of hydrogen-bond acceptors (Lipinski definition) is 4. The summed E-state index contributed by atoms with van der Waals surface area (Å²) in [5.74, 6) is 0.428. The summed E-state index contributed by atoms with van der Waals surface area (Å²) in [6.45, 7) is 4.96. The Kier molecular flexibility index (Phi) is 8.12. The van der Waals surface area contributed by atoms with E-state index in [1.54, 1.807) is 10.7 Å². The lowest BCUT2D eigenvalue weighted by Crippen LogP contribution is -2.34. The monoisotopic (exact) mass is 548 g/mol. The van der Waals surface area contributed by atoms with Crippen LogP contribution >= 0.6 is 23.2 Å². The molecule has 0 atom stereocenters. The smallest absolute Gasteiger partial charge is 0.274 e. The van der Waals surface area contributed by atoms with Gasteiger partial charge in [-0.1, -0.05) is 53.5 Å². The van der Waals surface area contributed by atoms with Crippen molar-refractivity contribution >= 4 is 45.6 Å². The number of carbonyl (C=O) groups excluding carboxylic acids is 1. The van der Waals surface area contributed by atoms with Crippen molar-refractivity contribution in [3.63, 3.8) is 0 Å². The van der Waals surface area contributed by atoms with Gasteiger partial charge in [0.2, 0.25) is 5.91 Å². The van der Waals surface area contributed by atoms with E-state index in [0.717, 1.165) is 55.5 Å². The maximum absolute atomic E-state index is 13.2. The van der Waals surface area contributed by atoms with Crippen LogP contribution in [0.4, 0.5) is 5.69 Å². The molecule has 2 heterocycles. The zero-order chi connectivity index (χ0) is 26.6. The number of rotatable bonds is 7. The molecule has 0 saturated carbocycles. The molecular formula is C30H30Cl2N4O2. The topological polar surface area (TPSA) is 67.2 Å². The number of nitrogens with one attached hydrogen (secondary N) is 1. The maximum atomic E-state index is 13.2. The average Bonchev–Trinajstić information content (AvgIpc) is 2.90. The molecule has 0 radical (unpaired) electrons. The van der Waals surface area contributed by atoms with Crippen molar-refractivity contribution in [2.24, 2.45) is 0 Å². The first-order valence-corrected chi connectivity index (χ1v) is 13.7. The number of nitrogens with zero attached hydrogens (tertiary/aromatic N) is 3. The Morgan fingerprint density at radius 1 is 0.947 bits per heavy atom. The minimum Gasteiger partial charge on any atom is -0.326 e. The molecule has 0 aliphatic carbocycles. The van der Waals surface area contributed by atoms with E-state index in [9.17, 15) is 9.59 Å². The van der Waals surface area contributed by atoms with Crippen LogP contribution in [0.15, 0.2) is 71.5 Å². The first kappa shape index (κ1) is 26.4. The van der Waals surface area contributed by atoms with Crippen molar-refractivity contribution in [1.29, 1.82) is 0 Å². The van der Waals surface area contributed by atoms with E-state index in [4.69, 9.17) is 28.3 Å². The molecule has 4 aromatic rings. The third kappa shape index (κ3) is 6.09. The van der Waals surface area contributed by atoms with Crippen LogP contribution in [-0.4, -0.2) is 40.2 Å². The molecule has 196 valence electrons. The molecule has 5 rings (SSSR count). The summed E-state index contributed by atoms with van der Waals surface area (Å²) in [6.07, 6.45) is 2.96. The molecule has 1 saturated heterocycles. The third-order valence-electron chi connectivity index (χ3n) is 7.11. The highest BCUT2D eigenvalue weighted by Gasteiger charge is 2.21. The van der Waals surface area contributed by atoms with Crippen LogP contribution in [0.5, 0.6) is 0 Å². The molecular weight excluding hydrogens is 519 g/mol. The number of benzene rings is 3. The molecule has 1 aliphatic heterocycles. The number of aromatic nitrogens is 2. The number of amides is 1. The summed E-state index contributed by atoms with van der Waals surface area (Å²) in [4.78, 5) is 27.1. The van der Waals surface area contributed by atoms with Crippen LogP contribution in [0.25, 0.3) is 22.0 Å². The molecule has 1 aliphatic rings. The first-order valence-electron chi connectivity index (χ1n) is 12.9. The van der Waals surface area contributed by atoms with Crippen molar-refractivity contribution in [2.45, 2.75) is 38.6 Å². The lowest BCUT2D eigenvalue weighted by Gasteiger charge is -2.32. The average molecular weight is 550 g/mol. The van der Waals surface area contributed by atoms with Gasteiger partial charge in [0.15, 0.2) is 0 Å². The van der Waals surface area contributed by atoms with Crippen LogP contribution in [0.1, 0.15) is 37.7 Å². The van der Waals surface area contributed by atoms with E-state index < -0.39 is 0 Å². The second kappa shape index (κ2) is 11.7. The Labute approximate surface area is 232 Å². The molecule has 1 amide bonds. The van der Waals surface area contributed by atoms with Crippen LogP contribution in [0, 0.1) is 0 Å². The van der Waals surface area contributed by atoms with Gasteiger partial charge in [0.05, 0.1) is 11.1 Å². The molecule has 3 aromatic carbocycles. The van der Waals surface area contributed by atoms with Crippen molar-refractivity contribution < 1.29 is 4.79 Å². The predicted octanol–water partition coefficient (Wildman–Crippen LogP) is 6.60. The highest BCUT2D eigenvalue weighted by atomic mass is 35.5. The molecule has 0 spiro atoms. The van der Waals surface area contributed by atoms with Gasteiger partial charge in [-0.2, -0.15) is 5.10 Å². The van der Waals surface area contributed by atoms with Crippen LogP contribution < -0.4 is 10.9 Å². The highest BCUT2D eigenvalue weighted by molar-refractivity contribution is 6.35. The van der Waals surface area contributed by atoms with E-state index in [2.05, 4.69) is 22.3 Å². The molecule has 38 heavy (non-hydrogen) atoms. The number of hydrogen-bond donors (Lipinski definition) is 1. The Morgan fingerprint density at radius 3 is 2.37 bits per heavy atom. The highest BCUT2D eigenvalue weighted by Crippen LogP contribution is 2.31. The second-order valence-electron chi connectivity index (χ2n) is 9.86. The van der Waals surface area contributed by atoms with Crippen molar-refractivity contribution in [2.75, 3.05) is 25.0 Å². The third-order valence-corrected chi connectivity index (χ3v) is 7.55. The fraction of sp³-hybridized carbons (Fsp3) is 0.300. The number of fused-ring (bicyclic) bond motifs is 1. The SMILES string of the molecule is CC(=O)Nc1cccc(C2CCN(CCCn3nc(-c4cc(Cl)cc(Cl)c4)c4ccccc4c3=O)CC2)c1. The standard InChI is InChI=1S/C30H30Cl2N4O2/c1-20(37)33-26-7-4-6-22(18-26)21-10-14-35(15-11-21)12-5-13-36-30(38)28-9-3-2-8-27(28)29(34-36)23-16-24(31)19-25(32)17-23/h2-4,6-9,16-19,21H,5,10-15H2,1H3,(H,33,37). The van der Waals surface area contributed by atoms with Crippen LogP contribution in [0.2, 0.25) is 10.0 Å². The molecule has 1 fully saturated rings. The normalized spacial score (nSPS) is 14.6. The number of halogens is 2. The number of anilines is 1. The number of aryl methyl sites for hydroxylation is 1. The summed E-state index contributed by atoms with van der Waals surface area (Å²) < 4.78 is 1.58. The fourth-order valence-electron chi connectivity index (χ4n) is 5.30. The van der Waals surface area contributed by atoms with Crippen LogP contribution in [-0.2, 0) is 11.3 Å². The van der Waals surface area contributed by atoms with Gasteiger partial charge in [0, 0.05) is 40.2 Å². The molecule has 8 heteroatoms. The number of piperidine rings is 1. The van der Waals surface area contributed by atoms with Gasteiger partial charge in [-0.3, -0.25) is 9.59 Å². The Bertz CT molecular complexity index is 1510. The zero-order valence-corrected chi connectivity index (χ0v) is 22.8. The van der Waals surface area contributed by atoms with Crippen LogP contribution in [0.3, 0.4) is 0 Å². The van der Waals surface area contributed by atoms with Gasteiger partial charge in [-0.15, -0.1) is 0 Å². The van der Waals surface area contributed by atoms with Crippen molar-refractivity contribution in [1.82, 2.24) is 14.7 Å². The minimum absolute atomic E-state index is 0.0551. The quantitative estimate of drug-likeness (QED) is 0.282. The summed E-state index contributed by atoms with van der Waals surface area (Å²) in [5.41, 5.74) is 3.53. The Morgan fingerprint density at radius 2 is 1.66 bits per heavy atom. The number of carbonyl (C=O) groups is 1. The van der Waals surface area contributed by atoms with E-state index in [1.807, 2.05) is 48.5 Å². The lowest BCUT2D eigenvalue weighted by molar-refractivity contribution is -0.114. The molecule has 6 nitrogen and oxygen atoms in total. The first-order chi connectivity index (χ1) is 18.4. The van der Waals surface area contributed by atoms with Crippen molar-refractivity contribution in [3.8, 4) is 11.3 Å². The van der Waals surface area contributed by atoms with E-state index in [0.29, 0.717) is 33.6 Å². The minimum atomic E-state index is -0.0877. The van der Waals surface area contributed by atoms with Gasteiger partial charge < -0.3 is 10.2 Å². The van der Waals surface area contributed by atoms with E-state index in [1.165, 1.54) is 12.5 Å². The zero-order valence-electron chi connectivity index (χ0n) is 21.3. The van der Waals surface area contributed by atoms with Gasteiger partial charge in [-0.25, -0.2) is 4.68 Å². The molecule has 1 aromatic heterocycles. The van der Waals surface area contributed by atoms with Gasteiger partial charge >= 0.3 is 0 Å². The van der Waals surface area contributed by atoms with E-state index >= 15 is 0 Å². The summed E-state index contributed by atoms with van der Waals surface area (Å²) in [6, 6.07) is 21.0. The van der Waals surface area contributed by atoms with Gasteiger partial charge in [0.25, 0.3) is 5.56 Å². The maximum Gasteiger partial charge on any atom is 0.274 e. The Hall–Kier alpha value is -3.19. The lowest BCUT2D eigenvalue weighted by atomic mass is 9.89. The summed E-state index contributed by atoms with van der Waals surface area (Å²) in [5, 5.41) is 10.1. The predicted molar refractivity (Wildman–Crippen MR) is 155 cm³/mol. The van der Waals surface area contributed by atoms with E-state index in [-0.39, 0.29) is 11.5 Å². The van der Waals surface area contributed by atoms with Crippen molar-refractivity contribution in [3.05, 3.63) is 92.7 Å². The fourth-order valence-corrected chi connectivity index (χ4v) is 5.82. The second-order valence-corrected chi connectivity index (χ2v) is 10.7. The van der Waals surface area contributed by atoms with Gasteiger partial charge in [-0.05, 0) is 86.8 Å². The summed E-state index contributed by atoms with van der Waals surface area (Å²) >= 11 is 12.5. The molecule has 0 bridgehead atoms. The largest absolute Gasteiger partial charge is 0.326 e.